The standard InChI is InChI=1S/C19H38NO2/c1-2-3-4-5-6-7-8-9-10-11-12-13-14-16-19(21)22-18-15-17-20/h20H,2-18H2,1H3. The van der Waals surface area contributed by atoms with E-state index in [1.807, 2.05) is 0 Å². The highest BCUT2D eigenvalue weighted by atomic mass is 16.5. The van der Waals surface area contributed by atoms with Gasteiger partial charge in [-0.15, -0.1) is 0 Å². The van der Waals surface area contributed by atoms with Crippen molar-refractivity contribution in [3.63, 3.8) is 0 Å². The molecule has 22 heavy (non-hydrogen) atoms. The van der Waals surface area contributed by atoms with Crippen LogP contribution in [0.1, 0.15) is 103 Å². The van der Waals surface area contributed by atoms with E-state index < -0.39 is 0 Å². The van der Waals surface area contributed by atoms with Crippen LogP contribution in [0.5, 0.6) is 0 Å². The van der Waals surface area contributed by atoms with Gasteiger partial charge in [-0.2, -0.15) is 0 Å². The molecule has 0 rings (SSSR count). The van der Waals surface area contributed by atoms with Crippen LogP contribution in [0.15, 0.2) is 0 Å². The van der Waals surface area contributed by atoms with Gasteiger partial charge in [0.2, 0.25) is 0 Å². The molecule has 0 unspecified atom stereocenters. The van der Waals surface area contributed by atoms with E-state index in [2.05, 4.69) is 6.92 Å². The van der Waals surface area contributed by atoms with Crippen LogP contribution in [0.25, 0.3) is 0 Å². The summed E-state index contributed by atoms with van der Waals surface area (Å²) in [5.74, 6) is -0.0866. The molecule has 0 saturated heterocycles. The fourth-order valence-electron chi connectivity index (χ4n) is 2.62. The Morgan fingerprint density at radius 3 is 1.64 bits per heavy atom. The minimum absolute atomic E-state index is 0.0866. The second-order valence-corrected chi connectivity index (χ2v) is 6.32. The summed E-state index contributed by atoms with van der Waals surface area (Å²) in [6, 6.07) is 0. The predicted octanol–water partition coefficient (Wildman–Crippen LogP) is 5.68. The fourth-order valence-corrected chi connectivity index (χ4v) is 2.62. The summed E-state index contributed by atoms with van der Waals surface area (Å²) in [7, 11) is 0. The molecule has 0 amide bonds. The van der Waals surface area contributed by atoms with Crippen molar-refractivity contribution in [1.29, 1.82) is 0 Å². The molecule has 0 aromatic heterocycles. The number of ether oxygens (including phenoxy) is 1. The molecule has 0 fully saturated rings. The third-order valence-corrected chi connectivity index (χ3v) is 4.07. The van der Waals surface area contributed by atoms with Crippen molar-refractivity contribution >= 4 is 5.97 Å². The summed E-state index contributed by atoms with van der Waals surface area (Å²) in [6.07, 6.45) is 18.4. The fraction of sp³-hybridized carbons (Fsp3) is 0.947. The van der Waals surface area contributed by atoms with E-state index in [0.29, 0.717) is 26.0 Å². The van der Waals surface area contributed by atoms with Gasteiger partial charge in [-0.3, -0.25) is 10.5 Å². The highest BCUT2D eigenvalue weighted by molar-refractivity contribution is 5.69. The van der Waals surface area contributed by atoms with Crippen LogP contribution in [-0.4, -0.2) is 19.1 Å². The monoisotopic (exact) mass is 312 g/mol. The molecule has 0 heterocycles. The number of nitrogens with one attached hydrogen (secondary N) is 1. The Labute approximate surface area is 138 Å². The van der Waals surface area contributed by atoms with Gasteiger partial charge in [0.15, 0.2) is 0 Å². The molecule has 1 radical (unpaired) electrons. The molecular weight excluding hydrogens is 274 g/mol. The second kappa shape index (κ2) is 18.5. The Balaban J connectivity index is 3.06. The predicted molar refractivity (Wildman–Crippen MR) is 93.9 cm³/mol. The number of carbonyl (C=O) groups is 1. The molecule has 131 valence electrons. The zero-order chi connectivity index (χ0) is 16.3. The lowest BCUT2D eigenvalue weighted by Gasteiger charge is -2.04. The number of carbonyl (C=O) groups excluding carboxylic acids is 1. The van der Waals surface area contributed by atoms with Crippen LogP contribution in [0.4, 0.5) is 0 Å². The van der Waals surface area contributed by atoms with Gasteiger partial charge in [0.25, 0.3) is 0 Å². The zero-order valence-corrected chi connectivity index (χ0v) is 14.8. The summed E-state index contributed by atoms with van der Waals surface area (Å²) in [5.41, 5.74) is 6.97. The molecule has 3 heteroatoms. The first-order valence-electron chi connectivity index (χ1n) is 9.61. The molecule has 0 aliphatic carbocycles. The minimum atomic E-state index is -0.0866. The van der Waals surface area contributed by atoms with Crippen molar-refractivity contribution < 1.29 is 9.53 Å². The first-order chi connectivity index (χ1) is 10.8. The topological polar surface area (TPSA) is 50.1 Å². The van der Waals surface area contributed by atoms with Gasteiger partial charge in [-0.05, 0) is 12.8 Å². The van der Waals surface area contributed by atoms with Gasteiger partial charge in [0, 0.05) is 13.0 Å². The molecule has 0 saturated carbocycles. The molecule has 0 aromatic rings. The molecule has 0 bridgehead atoms. The van der Waals surface area contributed by atoms with Gasteiger partial charge >= 0.3 is 5.97 Å². The molecular formula is C19H38NO2. The van der Waals surface area contributed by atoms with E-state index in [9.17, 15) is 4.79 Å². The number of esters is 1. The average molecular weight is 313 g/mol. The smallest absolute Gasteiger partial charge is 0.305 e. The maximum atomic E-state index is 11.3. The van der Waals surface area contributed by atoms with Crippen LogP contribution < -0.4 is 5.73 Å². The Kier molecular flexibility index (Phi) is 18.0. The van der Waals surface area contributed by atoms with Gasteiger partial charge < -0.3 is 4.74 Å². The highest BCUT2D eigenvalue weighted by Gasteiger charge is 2.01. The van der Waals surface area contributed by atoms with Gasteiger partial charge in [0.05, 0.1) is 6.61 Å². The van der Waals surface area contributed by atoms with E-state index >= 15 is 0 Å². The average Bonchev–Trinajstić information content (AvgIpc) is 2.52. The molecule has 0 aliphatic rings. The van der Waals surface area contributed by atoms with Crippen molar-refractivity contribution in [1.82, 2.24) is 5.73 Å². The number of hydrogen-bond donors (Lipinski definition) is 0. The lowest BCUT2D eigenvalue weighted by molar-refractivity contribution is -0.143. The molecule has 0 spiro atoms. The maximum Gasteiger partial charge on any atom is 0.305 e. The second-order valence-electron chi connectivity index (χ2n) is 6.32. The SMILES string of the molecule is CCCCCCCCCCCCCCCC(=O)OCCC[NH]. The van der Waals surface area contributed by atoms with Crippen LogP contribution in [0.2, 0.25) is 0 Å². The quantitative estimate of drug-likeness (QED) is 0.256. The lowest BCUT2D eigenvalue weighted by atomic mass is 10.0. The first kappa shape index (κ1) is 21.4. The number of rotatable bonds is 17. The third kappa shape index (κ3) is 17.5. The summed E-state index contributed by atoms with van der Waals surface area (Å²) < 4.78 is 5.03. The van der Waals surface area contributed by atoms with E-state index in [4.69, 9.17) is 10.5 Å². The molecule has 0 aliphatic heterocycles. The van der Waals surface area contributed by atoms with Crippen LogP contribution in [0, 0.1) is 0 Å². The molecule has 1 N–H and O–H groups in total. The van der Waals surface area contributed by atoms with Crippen molar-refractivity contribution in [2.24, 2.45) is 0 Å². The minimum Gasteiger partial charge on any atom is -0.466 e. The van der Waals surface area contributed by atoms with E-state index in [-0.39, 0.29) is 5.97 Å². The van der Waals surface area contributed by atoms with Crippen molar-refractivity contribution in [3.05, 3.63) is 0 Å². The van der Waals surface area contributed by atoms with Gasteiger partial charge in [-0.1, -0.05) is 84.0 Å². The summed E-state index contributed by atoms with van der Waals surface area (Å²) >= 11 is 0. The van der Waals surface area contributed by atoms with Crippen molar-refractivity contribution in [2.45, 2.75) is 103 Å². The first-order valence-corrected chi connectivity index (χ1v) is 9.61. The molecule has 0 aromatic carbocycles. The largest absolute Gasteiger partial charge is 0.466 e. The summed E-state index contributed by atoms with van der Waals surface area (Å²) in [5, 5.41) is 0. The van der Waals surface area contributed by atoms with Crippen molar-refractivity contribution in [3.8, 4) is 0 Å². The third-order valence-electron chi connectivity index (χ3n) is 4.07. The van der Waals surface area contributed by atoms with Crippen LogP contribution in [0.3, 0.4) is 0 Å². The highest BCUT2D eigenvalue weighted by Crippen LogP contribution is 2.13. The van der Waals surface area contributed by atoms with Gasteiger partial charge in [-0.25, -0.2) is 0 Å². The lowest BCUT2D eigenvalue weighted by Crippen LogP contribution is -2.06. The van der Waals surface area contributed by atoms with Gasteiger partial charge in [0.1, 0.15) is 0 Å². The van der Waals surface area contributed by atoms with E-state index in [1.54, 1.807) is 0 Å². The normalized spacial score (nSPS) is 10.8. The van der Waals surface area contributed by atoms with Crippen LogP contribution in [-0.2, 0) is 9.53 Å². The van der Waals surface area contributed by atoms with Crippen molar-refractivity contribution in [2.75, 3.05) is 13.2 Å². The number of unbranched alkanes of at least 4 members (excludes halogenated alkanes) is 12. The molecule has 0 atom stereocenters. The van der Waals surface area contributed by atoms with Crippen LogP contribution >= 0.6 is 0 Å². The van der Waals surface area contributed by atoms with E-state index in [0.717, 1.165) is 12.8 Å². The molecule has 3 nitrogen and oxygen atoms in total. The Morgan fingerprint density at radius 1 is 0.727 bits per heavy atom. The number of hydrogen-bond acceptors (Lipinski definition) is 2. The summed E-state index contributed by atoms with van der Waals surface area (Å²) in [6.45, 7) is 3.02. The summed E-state index contributed by atoms with van der Waals surface area (Å²) in [4.78, 5) is 11.3. The Bertz CT molecular complexity index is 231. The Hall–Kier alpha value is -0.570. The van der Waals surface area contributed by atoms with E-state index in [1.165, 1.54) is 70.6 Å². The zero-order valence-electron chi connectivity index (χ0n) is 14.8. The maximum absolute atomic E-state index is 11.3. The Morgan fingerprint density at radius 2 is 1.18 bits per heavy atom.